The zero-order valence-corrected chi connectivity index (χ0v) is 14.1. The Morgan fingerprint density at radius 2 is 1.95 bits per heavy atom. The molecule has 5 heteroatoms. The van der Waals surface area contributed by atoms with E-state index in [1.807, 2.05) is 4.90 Å². The van der Waals surface area contributed by atoms with E-state index in [1.54, 1.807) is 0 Å². The summed E-state index contributed by atoms with van der Waals surface area (Å²) in [5.74, 6) is 0. The molecular formula is C17H30N2O3. The number of ether oxygens (including phenoxy) is 2. The van der Waals surface area contributed by atoms with E-state index in [4.69, 9.17) is 9.47 Å². The van der Waals surface area contributed by atoms with Crippen LogP contribution in [0.3, 0.4) is 0 Å². The van der Waals surface area contributed by atoms with E-state index >= 15 is 0 Å². The number of likely N-dealkylation sites (tertiary alicyclic amines) is 1. The molecule has 1 amide bonds. The average Bonchev–Trinajstić information content (AvgIpc) is 3.19. The van der Waals surface area contributed by atoms with Gasteiger partial charge in [0.05, 0.1) is 12.7 Å². The number of carbonyl (C=O) groups excluding carboxylic acids is 1. The van der Waals surface area contributed by atoms with Crippen LogP contribution in [0.25, 0.3) is 0 Å². The van der Waals surface area contributed by atoms with E-state index in [-0.39, 0.29) is 17.7 Å². The molecule has 126 valence electrons. The minimum absolute atomic E-state index is 0.118. The first-order chi connectivity index (χ1) is 10.6. The Kier molecular flexibility index (Phi) is 4.93. The highest BCUT2D eigenvalue weighted by Gasteiger charge is 2.49. The van der Waals surface area contributed by atoms with Crippen molar-refractivity contribution in [3.8, 4) is 0 Å². The van der Waals surface area contributed by atoms with Crippen molar-refractivity contribution in [3.63, 3.8) is 0 Å². The van der Waals surface area contributed by atoms with Crippen molar-refractivity contribution in [1.82, 2.24) is 9.80 Å². The van der Waals surface area contributed by atoms with E-state index in [0.717, 1.165) is 45.5 Å². The SMILES string of the molecule is CC(C)OC[C@]12CCCN1[C@@H](COC(=O)N1CCCC1)CC2. The molecule has 3 fully saturated rings. The molecule has 3 aliphatic heterocycles. The molecule has 0 aromatic heterocycles. The summed E-state index contributed by atoms with van der Waals surface area (Å²) in [5, 5.41) is 0. The van der Waals surface area contributed by atoms with Crippen LogP contribution in [0.4, 0.5) is 4.79 Å². The van der Waals surface area contributed by atoms with E-state index in [1.165, 1.54) is 19.3 Å². The van der Waals surface area contributed by atoms with Gasteiger partial charge in [0.1, 0.15) is 6.61 Å². The Morgan fingerprint density at radius 1 is 1.18 bits per heavy atom. The Balaban J connectivity index is 1.51. The van der Waals surface area contributed by atoms with Gasteiger partial charge < -0.3 is 14.4 Å². The zero-order chi connectivity index (χ0) is 15.6. The van der Waals surface area contributed by atoms with Gasteiger partial charge >= 0.3 is 6.09 Å². The lowest BCUT2D eigenvalue weighted by Crippen LogP contribution is -2.47. The van der Waals surface area contributed by atoms with Gasteiger partial charge in [-0.2, -0.15) is 0 Å². The Bertz CT molecular complexity index is 395. The van der Waals surface area contributed by atoms with Gasteiger partial charge in [0.25, 0.3) is 0 Å². The fraction of sp³-hybridized carbons (Fsp3) is 0.941. The number of nitrogens with zero attached hydrogens (tertiary/aromatic N) is 2. The highest BCUT2D eigenvalue weighted by Crippen LogP contribution is 2.42. The van der Waals surface area contributed by atoms with Crippen molar-refractivity contribution in [2.24, 2.45) is 0 Å². The summed E-state index contributed by atoms with van der Waals surface area (Å²) in [4.78, 5) is 16.5. The number of amides is 1. The van der Waals surface area contributed by atoms with E-state index in [0.29, 0.717) is 12.6 Å². The molecule has 3 aliphatic rings. The second-order valence-corrected chi connectivity index (χ2v) is 7.34. The van der Waals surface area contributed by atoms with Gasteiger partial charge in [-0.25, -0.2) is 4.79 Å². The molecule has 0 radical (unpaired) electrons. The van der Waals surface area contributed by atoms with Crippen molar-refractivity contribution in [2.75, 3.05) is 32.8 Å². The van der Waals surface area contributed by atoms with Crippen LogP contribution in [0.5, 0.6) is 0 Å². The number of fused-ring (bicyclic) bond motifs is 1. The van der Waals surface area contributed by atoms with Crippen molar-refractivity contribution >= 4 is 6.09 Å². The number of hydrogen-bond donors (Lipinski definition) is 0. The van der Waals surface area contributed by atoms with Crippen molar-refractivity contribution in [3.05, 3.63) is 0 Å². The van der Waals surface area contributed by atoms with Crippen LogP contribution in [0, 0.1) is 0 Å². The number of hydrogen-bond acceptors (Lipinski definition) is 4. The molecule has 0 bridgehead atoms. The topological polar surface area (TPSA) is 42.0 Å². The summed E-state index contributed by atoms with van der Waals surface area (Å²) >= 11 is 0. The number of rotatable bonds is 5. The molecule has 2 atom stereocenters. The van der Waals surface area contributed by atoms with Crippen LogP contribution in [0.2, 0.25) is 0 Å². The molecule has 0 aromatic rings. The maximum atomic E-state index is 12.0. The van der Waals surface area contributed by atoms with Crippen LogP contribution in [0.1, 0.15) is 52.4 Å². The third-order valence-electron chi connectivity index (χ3n) is 5.48. The van der Waals surface area contributed by atoms with E-state index in [2.05, 4.69) is 18.7 Å². The monoisotopic (exact) mass is 310 g/mol. The van der Waals surface area contributed by atoms with Crippen LogP contribution in [0.15, 0.2) is 0 Å². The minimum Gasteiger partial charge on any atom is -0.448 e. The normalized spacial score (nSPS) is 32.0. The van der Waals surface area contributed by atoms with Gasteiger partial charge in [-0.05, 0) is 58.9 Å². The fourth-order valence-corrected chi connectivity index (χ4v) is 4.27. The lowest BCUT2D eigenvalue weighted by atomic mass is 9.95. The summed E-state index contributed by atoms with van der Waals surface area (Å²) in [7, 11) is 0. The highest BCUT2D eigenvalue weighted by atomic mass is 16.6. The smallest absolute Gasteiger partial charge is 0.409 e. The van der Waals surface area contributed by atoms with Gasteiger partial charge in [0, 0.05) is 24.7 Å². The second-order valence-electron chi connectivity index (χ2n) is 7.34. The van der Waals surface area contributed by atoms with Gasteiger partial charge in [0.15, 0.2) is 0 Å². The minimum atomic E-state index is -0.118. The molecule has 3 heterocycles. The summed E-state index contributed by atoms with van der Waals surface area (Å²) in [6, 6.07) is 0.379. The maximum absolute atomic E-state index is 12.0. The first kappa shape index (κ1) is 16.1. The second kappa shape index (κ2) is 6.75. The number of carbonyl (C=O) groups is 1. The molecule has 0 saturated carbocycles. The van der Waals surface area contributed by atoms with Crippen LogP contribution >= 0.6 is 0 Å². The average molecular weight is 310 g/mol. The molecule has 0 unspecified atom stereocenters. The Hall–Kier alpha value is -0.810. The molecule has 3 rings (SSSR count). The molecule has 22 heavy (non-hydrogen) atoms. The summed E-state index contributed by atoms with van der Waals surface area (Å²) < 4.78 is 11.5. The van der Waals surface area contributed by atoms with Crippen LogP contribution in [-0.4, -0.2) is 66.4 Å². The lowest BCUT2D eigenvalue weighted by Gasteiger charge is -2.35. The first-order valence-electron chi connectivity index (χ1n) is 8.91. The molecule has 0 aromatic carbocycles. The zero-order valence-electron chi connectivity index (χ0n) is 14.1. The summed E-state index contributed by atoms with van der Waals surface area (Å²) in [5.41, 5.74) is 0.203. The van der Waals surface area contributed by atoms with E-state index in [9.17, 15) is 4.79 Å². The van der Waals surface area contributed by atoms with Crippen molar-refractivity contribution in [2.45, 2.75) is 70.1 Å². The molecule has 0 spiro atoms. The third-order valence-corrected chi connectivity index (χ3v) is 5.48. The predicted molar refractivity (Wildman–Crippen MR) is 84.9 cm³/mol. The Morgan fingerprint density at radius 3 is 2.68 bits per heavy atom. The first-order valence-corrected chi connectivity index (χ1v) is 8.91. The van der Waals surface area contributed by atoms with E-state index < -0.39 is 0 Å². The van der Waals surface area contributed by atoms with Crippen molar-refractivity contribution in [1.29, 1.82) is 0 Å². The largest absolute Gasteiger partial charge is 0.448 e. The van der Waals surface area contributed by atoms with Gasteiger partial charge in [-0.1, -0.05) is 0 Å². The fourth-order valence-electron chi connectivity index (χ4n) is 4.27. The third kappa shape index (κ3) is 3.25. The maximum Gasteiger partial charge on any atom is 0.409 e. The molecule has 3 saturated heterocycles. The lowest BCUT2D eigenvalue weighted by molar-refractivity contribution is -0.0124. The van der Waals surface area contributed by atoms with Gasteiger partial charge in [-0.3, -0.25) is 4.90 Å². The summed E-state index contributed by atoms with van der Waals surface area (Å²) in [6.07, 6.45) is 7.13. The van der Waals surface area contributed by atoms with Gasteiger partial charge in [0.2, 0.25) is 0 Å². The molecule has 5 nitrogen and oxygen atoms in total. The molecular weight excluding hydrogens is 280 g/mol. The van der Waals surface area contributed by atoms with Crippen LogP contribution in [-0.2, 0) is 9.47 Å². The predicted octanol–water partition coefficient (Wildman–Crippen LogP) is 2.64. The Labute approximate surface area is 133 Å². The summed E-state index contributed by atoms with van der Waals surface area (Å²) in [6.45, 7) is 8.40. The van der Waals surface area contributed by atoms with Crippen molar-refractivity contribution < 1.29 is 14.3 Å². The molecule has 0 N–H and O–H groups in total. The standard InChI is InChI=1S/C17H30N2O3/c1-14(2)22-13-17-7-5-11-19(17)15(6-8-17)12-21-16(20)18-9-3-4-10-18/h14-15H,3-13H2,1-2H3/t15-,17-/m1/s1. The van der Waals surface area contributed by atoms with Crippen LogP contribution < -0.4 is 0 Å². The quantitative estimate of drug-likeness (QED) is 0.783. The molecule has 0 aliphatic carbocycles. The van der Waals surface area contributed by atoms with Gasteiger partial charge in [-0.15, -0.1) is 0 Å². The highest BCUT2D eigenvalue weighted by molar-refractivity contribution is 5.67.